The van der Waals surface area contributed by atoms with Crippen LogP contribution >= 0.6 is 0 Å². The maximum atomic E-state index is 12.2. The van der Waals surface area contributed by atoms with E-state index in [9.17, 15) is 76.7 Å². The molecule has 8 rings (SSSR count). The van der Waals surface area contributed by atoms with Crippen LogP contribution in [0.4, 0.5) is 0 Å². The minimum Gasteiger partial charge on any atom is -0.462 e. The Hall–Kier alpha value is -8.48. The molecule has 8 bridgehead atoms. The van der Waals surface area contributed by atoms with Crippen LogP contribution in [0.1, 0.15) is 324 Å². The second kappa shape index (κ2) is 52.1. The monoisotopic (exact) mass is 1720 g/mol. The molecule has 8 fully saturated rings. The number of hydrogen-bond donors (Lipinski definition) is 0. The van der Waals surface area contributed by atoms with Crippen LogP contribution in [0.5, 0.6) is 0 Å². The number of carbonyl (C=O) groups is 16. The molecule has 0 aromatic carbocycles. The van der Waals surface area contributed by atoms with Gasteiger partial charge in [0, 0.05) is 25.7 Å². The van der Waals surface area contributed by atoms with Gasteiger partial charge in [0.1, 0.15) is 99.7 Å². The molecular weight excluding hydrogens is 1570 g/mol. The van der Waals surface area contributed by atoms with Crippen molar-refractivity contribution in [1.29, 1.82) is 0 Å². The van der Waals surface area contributed by atoms with Crippen LogP contribution in [0.2, 0.25) is 0 Å². The van der Waals surface area contributed by atoms with Crippen molar-refractivity contribution in [1.82, 2.24) is 0 Å². The summed E-state index contributed by atoms with van der Waals surface area (Å²) in [6, 6.07) is 0. The summed E-state index contributed by atoms with van der Waals surface area (Å²) < 4.78 is 83.4. The van der Waals surface area contributed by atoms with E-state index in [-0.39, 0.29) is 241 Å². The number of esters is 16. The van der Waals surface area contributed by atoms with E-state index in [2.05, 4.69) is 0 Å². The minimum atomic E-state index is -0.906. The van der Waals surface area contributed by atoms with Crippen molar-refractivity contribution in [3.05, 3.63) is 0 Å². The summed E-state index contributed by atoms with van der Waals surface area (Å²) in [7, 11) is 0. The molecule has 0 amide bonds. The smallest absolute Gasteiger partial charge is 0.311 e. The Morgan fingerprint density at radius 3 is 1.10 bits per heavy atom. The number of rotatable bonds is 36. The summed E-state index contributed by atoms with van der Waals surface area (Å²) in [5, 5.41) is 0. The van der Waals surface area contributed by atoms with Gasteiger partial charge in [-0.15, -0.1) is 0 Å². The first-order chi connectivity index (χ1) is 52.3. The fraction of sp³-hybridized carbons (Fsp3) is 0.818. The predicted octanol–water partition coefficient (Wildman–Crippen LogP) is 14.4. The first-order valence-electron chi connectivity index (χ1n) is 39.3. The first kappa shape index (κ1) is 118. The van der Waals surface area contributed by atoms with Crippen LogP contribution in [0.25, 0.3) is 0 Å². The molecule has 4 aliphatic carbocycles. The Bertz CT molecular complexity index is 3370. The molecule has 8 aliphatic rings. The highest BCUT2D eigenvalue weighted by molar-refractivity contribution is 5.83. The third-order valence-corrected chi connectivity index (χ3v) is 22.7. The summed E-state index contributed by atoms with van der Waals surface area (Å²) in [5.41, 5.74) is -5.64. The molecule has 4 aliphatic heterocycles. The van der Waals surface area contributed by atoms with Crippen LogP contribution in [0.3, 0.4) is 0 Å². The van der Waals surface area contributed by atoms with E-state index >= 15 is 0 Å². The molecule has 32 nitrogen and oxygen atoms in total. The maximum Gasteiger partial charge on any atom is 0.311 e. The second-order valence-electron chi connectivity index (χ2n) is 33.1. The van der Waals surface area contributed by atoms with E-state index in [4.69, 9.17) is 75.8 Å². The van der Waals surface area contributed by atoms with E-state index in [1.165, 1.54) is 0 Å². The Kier molecular flexibility index (Phi) is 51.2. The molecule has 0 spiro atoms. The van der Waals surface area contributed by atoms with Gasteiger partial charge in [0.2, 0.25) is 0 Å². The standard InChI is InChI=1S/C21H32O8.2C20H30O8.C19H28O8.8CH4/c1-6-19(2,3)18(25)27-12-11-26-15(22)7-8-16(23)28-20(4)10-9-14-13-21(20,5)29-17(14)24;1-5-19(2,3)18(24)26-11-10-25-15(21)6-7-16(22)28-20(4)9-8-13-12-14(20)27-17(13)23;1-5-19(2,3)18(24)26-11-10-25-15(21)8-9-16(22)27-14-7-6-13-12-20(14,4)28-17(13)23;1-4-19(2,3)18(23)25-10-9-24-15(20)7-8-16(21)26-13-6-5-12-11-14(13)27-17(12)22;;;;;;;;/h14H,6-13H2,1-5H3;2*13-14H,5-12H2,1-4H3;12-14H,4-11H2,1-3H3;8*1H4. The SMILES string of the molecule is C.C.C.C.C.C.C.C.CCC(C)(C)C(=O)OCCOC(=O)CCC(=O)OC1(C)CCC2CC1(C)OC2=O.CCC(C)(C)C(=O)OCCOC(=O)CCC(=O)OC1(C)CCC2CC1OC2=O.CCC(C)(C)C(=O)OCCOC(=O)CCC(=O)OC1CCC2CC1(C)OC2=O.CCC(C)(C)C(=O)OCCOC(=O)CCC(=O)OC1CCC2CC1OC2=O. The lowest BCUT2D eigenvalue weighted by Crippen LogP contribution is -2.54. The fourth-order valence-corrected chi connectivity index (χ4v) is 13.0. The fourth-order valence-electron chi connectivity index (χ4n) is 13.0. The topological polar surface area (TPSA) is 421 Å². The zero-order chi connectivity index (χ0) is 83.8. The Labute approximate surface area is 714 Å². The van der Waals surface area contributed by atoms with Gasteiger partial charge in [-0.05, 0) is 160 Å². The van der Waals surface area contributed by atoms with Crippen molar-refractivity contribution in [2.75, 3.05) is 52.9 Å². The van der Waals surface area contributed by atoms with Crippen LogP contribution in [-0.4, -0.2) is 195 Å². The molecule has 12 unspecified atom stereocenters. The average Bonchev–Trinajstić information content (AvgIpc) is 1.58. The van der Waals surface area contributed by atoms with E-state index in [0.717, 1.165) is 0 Å². The van der Waals surface area contributed by atoms with Gasteiger partial charge < -0.3 is 75.8 Å². The molecule has 4 heterocycles. The largest absolute Gasteiger partial charge is 0.462 e. The molecule has 4 saturated heterocycles. The highest BCUT2D eigenvalue weighted by atomic mass is 16.6. The van der Waals surface area contributed by atoms with Gasteiger partial charge in [0.15, 0.2) is 0 Å². The summed E-state index contributed by atoms with van der Waals surface area (Å²) in [6.45, 7) is 28.6. The molecule has 32 heteroatoms. The van der Waals surface area contributed by atoms with Crippen LogP contribution in [0.15, 0.2) is 0 Å². The number of ether oxygens (including phenoxy) is 16. The molecule has 4 saturated carbocycles. The van der Waals surface area contributed by atoms with E-state index in [1.54, 1.807) is 83.1 Å². The van der Waals surface area contributed by atoms with E-state index in [0.29, 0.717) is 103 Å². The average molecular weight is 1720 g/mol. The van der Waals surface area contributed by atoms with Crippen molar-refractivity contribution in [2.45, 2.75) is 371 Å². The van der Waals surface area contributed by atoms with Gasteiger partial charge in [0.25, 0.3) is 0 Å². The van der Waals surface area contributed by atoms with Crippen LogP contribution < -0.4 is 0 Å². The van der Waals surface area contributed by atoms with Gasteiger partial charge in [-0.25, -0.2) is 0 Å². The molecule has 120 heavy (non-hydrogen) atoms. The second-order valence-corrected chi connectivity index (χ2v) is 33.1. The van der Waals surface area contributed by atoms with Gasteiger partial charge >= 0.3 is 95.5 Å². The highest BCUT2D eigenvalue weighted by Crippen LogP contribution is 2.51. The number of fused-ring (bicyclic) bond motifs is 8. The highest BCUT2D eigenvalue weighted by Gasteiger charge is 2.61. The van der Waals surface area contributed by atoms with Gasteiger partial charge in [-0.2, -0.15) is 0 Å². The van der Waals surface area contributed by atoms with Crippen molar-refractivity contribution in [3.63, 3.8) is 0 Å². The Morgan fingerprint density at radius 2 is 0.683 bits per heavy atom. The van der Waals surface area contributed by atoms with Crippen molar-refractivity contribution in [2.24, 2.45) is 45.3 Å². The Morgan fingerprint density at radius 1 is 0.350 bits per heavy atom. The van der Waals surface area contributed by atoms with Crippen molar-refractivity contribution < 1.29 is 153 Å². The molecule has 0 N–H and O–H groups in total. The molecule has 0 aromatic heterocycles. The minimum absolute atomic E-state index is 0. The third kappa shape index (κ3) is 34.8. The zero-order valence-electron chi connectivity index (χ0n) is 68.3. The van der Waals surface area contributed by atoms with Crippen molar-refractivity contribution in [3.8, 4) is 0 Å². The molecule has 12 atom stereocenters. The lowest BCUT2D eigenvalue weighted by molar-refractivity contribution is -0.197. The van der Waals surface area contributed by atoms with Crippen LogP contribution in [0, 0.1) is 45.3 Å². The lowest BCUT2D eigenvalue weighted by atomic mass is 9.71. The maximum absolute atomic E-state index is 12.2. The van der Waals surface area contributed by atoms with E-state index < -0.39 is 110 Å². The van der Waals surface area contributed by atoms with Crippen molar-refractivity contribution >= 4 is 95.5 Å². The summed E-state index contributed by atoms with van der Waals surface area (Å²) >= 11 is 0. The Balaban J connectivity index is -0.000000731. The van der Waals surface area contributed by atoms with E-state index in [1.807, 2.05) is 27.7 Å². The molecule has 696 valence electrons. The number of carbonyl (C=O) groups excluding carboxylic acids is 16. The van der Waals surface area contributed by atoms with Gasteiger partial charge in [-0.3, -0.25) is 76.7 Å². The normalized spacial score (nSPS) is 24.6. The molecular formula is C88H152O32. The first-order valence-corrected chi connectivity index (χ1v) is 39.3. The summed E-state index contributed by atoms with van der Waals surface area (Å²) in [6.07, 6.45) is 6.94. The van der Waals surface area contributed by atoms with Crippen LogP contribution in [-0.2, 0) is 153 Å². The summed E-state index contributed by atoms with van der Waals surface area (Å²) in [4.78, 5) is 189. The third-order valence-electron chi connectivity index (χ3n) is 22.7. The van der Waals surface area contributed by atoms with Gasteiger partial charge in [-0.1, -0.05) is 87.1 Å². The predicted molar refractivity (Wildman–Crippen MR) is 442 cm³/mol. The number of hydrogen-bond acceptors (Lipinski definition) is 32. The van der Waals surface area contributed by atoms with Gasteiger partial charge in [0.05, 0.1) is 96.7 Å². The molecule has 0 radical (unpaired) electrons. The lowest BCUT2D eigenvalue weighted by Gasteiger charge is -2.43. The zero-order valence-corrected chi connectivity index (χ0v) is 68.3. The quantitative estimate of drug-likeness (QED) is 0.0319. The summed E-state index contributed by atoms with van der Waals surface area (Å²) in [5.74, 6) is -7.05. The molecule has 0 aromatic rings.